The summed E-state index contributed by atoms with van der Waals surface area (Å²) >= 11 is 0. The molecule has 0 saturated carbocycles. The maximum atomic E-state index is 5.17. The van der Waals surface area contributed by atoms with Crippen molar-refractivity contribution in [3.8, 4) is 5.75 Å². The van der Waals surface area contributed by atoms with Crippen LogP contribution in [-0.2, 0) is 0 Å². The Kier molecular flexibility index (Phi) is 3.68. The molecule has 90 valence electrons. The van der Waals surface area contributed by atoms with Gasteiger partial charge in [0, 0.05) is 0 Å². The number of methoxy groups -OCH3 is 1. The Bertz CT molecular complexity index is 437. The van der Waals surface area contributed by atoms with E-state index < -0.39 is 0 Å². The summed E-state index contributed by atoms with van der Waals surface area (Å²) in [7, 11) is 1.70. The summed E-state index contributed by atoms with van der Waals surface area (Å²) in [5, 5.41) is 0. The van der Waals surface area contributed by atoms with E-state index in [0.29, 0.717) is 5.92 Å². The first-order chi connectivity index (χ1) is 8.24. The average molecular weight is 228 g/mol. The fourth-order valence-electron chi connectivity index (χ4n) is 2.14. The minimum Gasteiger partial charge on any atom is -0.497 e. The Labute approximate surface area is 104 Å². The Morgan fingerprint density at radius 1 is 1.24 bits per heavy atom. The zero-order chi connectivity index (χ0) is 12.3. The van der Waals surface area contributed by atoms with E-state index in [-0.39, 0.29) is 0 Å². The van der Waals surface area contributed by atoms with Crippen molar-refractivity contribution in [2.75, 3.05) is 7.11 Å². The Morgan fingerprint density at radius 2 is 1.94 bits per heavy atom. The largest absolute Gasteiger partial charge is 0.497 e. The lowest BCUT2D eigenvalue weighted by molar-refractivity contribution is 0.415. The summed E-state index contributed by atoms with van der Waals surface area (Å²) in [4.78, 5) is 0. The van der Waals surface area contributed by atoms with Gasteiger partial charge >= 0.3 is 0 Å². The van der Waals surface area contributed by atoms with Crippen LogP contribution < -0.4 is 4.74 Å². The number of allylic oxidation sites excluding steroid dienone is 4. The molecule has 1 aromatic carbocycles. The molecule has 1 aliphatic carbocycles. The molecule has 0 aliphatic heterocycles. The number of hydrogen-bond donors (Lipinski definition) is 0. The van der Waals surface area contributed by atoms with Gasteiger partial charge in [-0.05, 0) is 42.0 Å². The topological polar surface area (TPSA) is 9.23 Å². The third-order valence-corrected chi connectivity index (χ3v) is 3.57. The Morgan fingerprint density at radius 3 is 2.53 bits per heavy atom. The van der Waals surface area contributed by atoms with E-state index in [9.17, 15) is 0 Å². The molecule has 1 aliphatic rings. The molecule has 0 aromatic heterocycles. The van der Waals surface area contributed by atoms with Gasteiger partial charge in [-0.2, -0.15) is 0 Å². The molecule has 1 nitrogen and oxygen atoms in total. The molecule has 0 spiro atoms. The standard InChI is InChI=1S/C16H20O/c1-4-12(2)14-5-6-15(11-14)13-7-9-16(17-3)10-8-13/h6-12H,4-5H2,1-3H3. The first kappa shape index (κ1) is 12.0. The SMILES string of the molecule is CCC(C)C1=CC(c2ccc(OC)cc2)=CC1. The van der Waals surface area contributed by atoms with Crippen molar-refractivity contribution in [3.05, 3.63) is 47.6 Å². The predicted octanol–water partition coefficient (Wildman–Crippen LogP) is 4.45. The maximum Gasteiger partial charge on any atom is 0.118 e. The summed E-state index contributed by atoms with van der Waals surface area (Å²) in [6.45, 7) is 4.55. The zero-order valence-electron chi connectivity index (χ0n) is 10.9. The molecule has 0 N–H and O–H groups in total. The van der Waals surface area contributed by atoms with Crippen LogP contribution in [0.1, 0.15) is 32.3 Å². The molecule has 0 heterocycles. The van der Waals surface area contributed by atoms with Crippen molar-refractivity contribution in [3.63, 3.8) is 0 Å². The molecule has 1 aromatic rings. The number of ether oxygens (including phenoxy) is 1. The minimum atomic E-state index is 0.696. The fourth-order valence-corrected chi connectivity index (χ4v) is 2.14. The monoisotopic (exact) mass is 228 g/mol. The van der Waals surface area contributed by atoms with Gasteiger partial charge in [0.25, 0.3) is 0 Å². The number of rotatable bonds is 4. The van der Waals surface area contributed by atoms with E-state index in [2.05, 4.69) is 38.1 Å². The highest BCUT2D eigenvalue weighted by Gasteiger charge is 2.12. The van der Waals surface area contributed by atoms with E-state index in [1.165, 1.54) is 17.6 Å². The van der Waals surface area contributed by atoms with Crippen LogP contribution in [0.4, 0.5) is 0 Å². The normalized spacial score (nSPS) is 16.4. The molecule has 0 saturated heterocycles. The summed E-state index contributed by atoms with van der Waals surface area (Å²) in [6, 6.07) is 8.29. The zero-order valence-corrected chi connectivity index (χ0v) is 10.9. The second kappa shape index (κ2) is 5.22. The van der Waals surface area contributed by atoms with Crippen molar-refractivity contribution >= 4 is 5.57 Å². The van der Waals surface area contributed by atoms with Crippen molar-refractivity contribution in [2.24, 2.45) is 5.92 Å². The third kappa shape index (κ3) is 2.60. The quantitative estimate of drug-likeness (QED) is 0.739. The molecule has 0 fully saturated rings. The molecule has 1 atom stereocenters. The lowest BCUT2D eigenvalue weighted by atomic mass is 9.97. The van der Waals surface area contributed by atoms with Gasteiger partial charge in [0.2, 0.25) is 0 Å². The molecule has 1 unspecified atom stereocenters. The minimum absolute atomic E-state index is 0.696. The average Bonchev–Trinajstić information content (AvgIpc) is 2.87. The predicted molar refractivity (Wildman–Crippen MR) is 73.1 cm³/mol. The third-order valence-electron chi connectivity index (χ3n) is 3.57. The van der Waals surface area contributed by atoms with Gasteiger partial charge in [0.1, 0.15) is 5.75 Å². The van der Waals surface area contributed by atoms with Gasteiger partial charge in [-0.25, -0.2) is 0 Å². The van der Waals surface area contributed by atoms with E-state index in [1.807, 2.05) is 12.1 Å². The summed E-state index contributed by atoms with van der Waals surface area (Å²) in [5.74, 6) is 1.61. The van der Waals surface area contributed by atoms with Crippen molar-refractivity contribution in [1.29, 1.82) is 0 Å². The van der Waals surface area contributed by atoms with Crippen LogP contribution in [0.25, 0.3) is 5.57 Å². The van der Waals surface area contributed by atoms with E-state index in [1.54, 1.807) is 12.7 Å². The Balaban J connectivity index is 2.16. The second-order valence-corrected chi connectivity index (χ2v) is 4.62. The van der Waals surface area contributed by atoms with Crippen LogP contribution in [0.2, 0.25) is 0 Å². The summed E-state index contributed by atoms with van der Waals surface area (Å²) in [5.41, 5.74) is 4.19. The van der Waals surface area contributed by atoms with Crippen molar-refractivity contribution in [2.45, 2.75) is 26.7 Å². The number of benzene rings is 1. The van der Waals surface area contributed by atoms with E-state index in [4.69, 9.17) is 4.74 Å². The Hall–Kier alpha value is -1.50. The lowest BCUT2D eigenvalue weighted by Gasteiger charge is -2.08. The maximum absolute atomic E-state index is 5.17. The van der Waals surface area contributed by atoms with Crippen molar-refractivity contribution in [1.82, 2.24) is 0 Å². The van der Waals surface area contributed by atoms with Crippen LogP contribution in [0, 0.1) is 5.92 Å². The molecule has 0 amide bonds. The molecular weight excluding hydrogens is 208 g/mol. The summed E-state index contributed by atoms with van der Waals surface area (Å²) in [6.07, 6.45) is 6.99. The fraction of sp³-hybridized carbons (Fsp3) is 0.375. The molecule has 2 rings (SSSR count). The molecule has 0 radical (unpaired) electrons. The van der Waals surface area contributed by atoms with Crippen LogP contribution in [0.3, 0.4) is 0 Å². The van der Waals surface area contributed by atoms with Crippen molar-refractivity contribution < 1.29 is 4.74 Å². The van der Waals surface area contributed by atoms with Gasteiger partial charge in [-0.1, -0.05) is 43.7 Å². The molecule has 1 heteroatoms. The van der Waals surface area contributed by atoms with Gasteiger partial charge in [0.15, 0.2) is 0 Å². The van der Waals surface area contributed by atoms with Gasteiger partial charge in [-0.15, -0.1) is 0 Å². The van der Waals surface area contributed by atoms with Gasteiger partial charge in [-0.3, -0.25) is 0 Å². The smallest absolute Gasteiger partial charge is 0.118 e. The summed E-state index contributed by atoms with van der Waals surface area (Å²) < 4.78 is 5.17. The van der Waals surface area contributed by atoms with E-state index >= 15 is 0 Å². The first-order valence-corrected chi connectivity index (χ1v) is 6.29. The highest BCUT2D eigenvalue weighted by Crippen LogP contribution is 2.31. The highest BCUT2D eigenvalue weighted by atomic mass is 16.5. The first-order valence-electron chi connectivity index (χ1n) is 6.29. The van der Waals surface area contributed by atoms with Gasteiger partial charge in [0.05, 0.1) is 7.11 Å². The van der Waals surface area contributed by atoms with Crippen LogP contribution in [-0.4, -0.2) is 7.11 Å². The van der Waals surface area contributed by atoms with Crippen LogP contribution in [0.15, 0.2) is 42.0 Å². The van der Waals surface area contributed by atoms with Crippen LogP contribution >= 0.6 is 0 Å². The van der Waals surface area contributed by atoms with Crippen LogP contribution in [0.5, 0.6) is 5.75 Å². The lowest BCUT2D eigenvalue weighted by Crippen LogP contribution is -1.94. The molecule has 0 bridgehead atoms. The number of hydrogen-bond acceptors (Lipinski definition) is 1. The van der Waals surface area contributed by atoms with E-state index in [0.717, 1.165) is 12.2 Å². The highest BCUT2D eigenvalue weighted by molar-refractivity contribution is 5.77. The molecule has 17 heavy (non-hydrogen) atoms. The second-order valence-electron chi connectivity index (χ2n) is 4.62. The van der Waals surface area contributed by atoms with Gasteiger partial charge < -0.3 is 4.74 Å². The molecular formula is C16H20O.